The highest BCUT2D eigenvalue weighted by Gasteiger charge is 2.13. The monoisotopic (exact) mass is 374 g/mol. The molecule has 1 N–H and O–H groups in total. The first kappa shape index (κ1) is 20.7. The van der Waals surface area contributed by atoms with Crippen molar-refractivity contribution < 1.29 is 13.9 Å². The first-order chi connectivity index (χ1) is 12.5. The van der Waals surface area contributed by atoms with Crippen molar-refractivity contribution in [2.24, 2.45) is 0 Å². The Kier molecular flexibility index (Phi) is 8.41. The van der Waals surface area contributed by atoms with Gasteiger partial charge >= 0.3 is 8.60 Å². The number of rotatable bonds is 10. The van der Waals surface area contributed by atoms with Crippen molar-refractivity contribution in [1.82, 2.24) is 0 Å². The summed E-state index contributed by atoms with van der Waals surface area (Å²) in [5, 5.41) is 0. The van der Waals surface area contributed by atoms with Crippen LogP contribution in [0.5, 0.6) is 11.5 Å². The molecule has 3 nitrogen and oxygen atoms in total. The first-order valence-electron chi connectivity index (χ1n) is 9.58. The van der Waals surface area contributed by atoms with Crippen LogP contribution in [-0.2, 0) is 0 Å². The Labute approximate surface area is 159 Å². The summed E-state index contributed by atoms with van der Waals surface area (Å²) < 4.78 is 11.1. The Morgan fingerprint density at radius 3 is 1.38 bits per heavy atom. The summed E-state index contributed by atoms with van der Waals surface area (Å²) in [6.07, 6.45) is 4.68. The third kappa shape index (κ3) is 6.30. The quantitative estimate of drug-likeness (QED) is 0.448. The molecule has 2 aromatic rings. The van der Waals surface area contributed by atoms with Gasteiger partial charge in [-0.05, 0) is 60.1 Å². The molecule has 2 rings (SSSR count). The van der Waals surface area contributed by atoms with Crippen LogP contribution in [0.15, 0.2) is 48.5 Å². The number of hydrogen-bond donors (Lipinski definition) is 1. The van der Waals surface area contributed by atoms with Crippen LogP contribution in [-0.4, -0.2) is 4.89 Å². The van der Waals surface area contributed by atoms with Crippen molar-refractivity contribution in [1.29, 1.82) is 0 Å². The Morgan fingerprint density at radius 1 is 0.731 bits per heavy atom. The van der Waals surface area contributed by atoms with Gasteiger partial charge in [0, 0.05) is 0 Å². The fourth-order valence-corrected chi connectivity index (χ4v) is 3.75. The zero-order valence-corrected chi connectivity index (χ0v) is 17.2. The van der Waals surface area contributed by atoms with Crippen molar-refractivity contribution in [3.05, 3.63) is 59.7 Å². The van der Waals surface area contributed by atoms with Crippen LogP contribution in [0.3, 0.4) is 0 Å². The average molecular weight is 374 g/mol. The molecule has 4 heteroatoms. The lowest BCUT2D eigenvalue weighted by atomic mass is 9.97. The third-order valence-electron chi connectivity index (χ3n) is 4.71. The lowest BCUT2D eigenvalue weighted by Gasteiger charge is -2.15. The van der Waals surface area contributed by atoms with Gasteiger partial charge in [-0.1, -0.05) is 64.8 Å². The minimum Gasteiger partial charge on any atom is -0.418 e. The molecular formula is C22H31O3P. The van der Waals surface area contributed by atoms with Gasteiger partial charge in [0.1, 0.15) is 11.5 Å². The van der Waals surface area contributed by atoms with Crippen molar-refractivity contribution in [2.45, 2.75) is 65.2 Å². The minimum absolute atomic E-state index is 0.537. The van der Waals surface area contributed by atoms with Crippen LogP contribution < -0.4 is 9.05 Å². The molecule has 0 heterocycles. The maximum Gasteiger partial charge on any atom is 0.460 e. The molecule has 2 unspecified atom stereocenters. The topological polar surface area (TPSA) is 38.7 Å². The maximum atomic E-state index is 10.1. The molecular weight excluding hydrogens is 343 g/mol. The fraction of sp³-hybridized carbons (Fsp3) is 0.455. The number of benzene rings is 2. The van der Waals surface area contributed by atoms with Crippen molar-refractivity contribution >= 4 is 8.60 Å². The highest BCUT2D eigenvalue weighted by molar-refractivity contribution is 7.41. The van der Waals surface area contributed by atoms with E-state index in [-0.39, 0.29) is 0 Å². The van der Waals surface area contributed by atoms with Crippen LogP contribution in [0.2, 0.25) is 0 Å². The fourth-order valence-electron chi connectivity index (χ4n) is 3.11. The van der Waals surface area contributed by atoms with E-state index < -0.39 is 8.60 Å². The highest BCUT2D eigenvalue weighted by Crippen LogP contribution is 2.37. The molecule has 142 valence electrons. The molecule has 0 aliphatic carbocycles. The molecule has 0 radical (unpaired) electrons. The molecule has 26 heavy (non-hydrogen) atoms. The summed E-state index contributed by atoms with van der Waals surface area (Å²) in [6.45, 7) is 8.85. The largest absolute Gasteiger partial charge is 0.460 e. The lowest BCUT2D eigenvalue weighted by Crippen LogP contribution is -1.97. The lowest BCUT2D eigenvalue weighted by molar-refractivity contribution is 0.381. The zero-order chi connectivity index (χ0) is 18.9. The van der Waals surface area contributed by atoms with Gasteiger partial charge < -0.3 is 13.9 Å². The van der Waals surface area contributed by atoms with E-state index >= 15 is 0 Å². The van der Waals surface area contributed by atoms with Gasteiger partial charge in [-0.3, -0.25) is 0 Å². The summed E-state index contributed by atoms with van der Waals surface area (Å²) in [6, 6.07) is 15.8. The smallest absolute Gasteiger partial charge is 0.418 e. The summed E-state index contributed by atoms with van der Waals surface area (Å²) in [5.41, 5.74) is 2.58. The second kappa shape index (κ2) is 10.5. The van der Waals surface area contributed by atoms with Crippen LogP contribution in [0.1, 0.15) is 76.3 Å². The molecule has 2 aromatic carbocycles. The third-order valence-corrected chi connectivity index (χ3v) is 5.44. The maximum absolute atomic E-state index is 10.1. The molecule has 0 aliphatic rings. The van der Waals surface area contributed by atoms with Crippen LogP contribution in [0, 0.1) is 0 Å². The first-order valence-corrected chi connectivity index (χ1v) is 10.7. The van der Waals surface area contributed by atoms with Crippen LogP contribution in [0.4, 0.5) is 0 Å². The second-order valence-electron chi connectivity index (χ2n) is 6.94. The molecule has 0 saturated carbocycles. The summed E-state index contributed by atoms with van der Waals surface area (Å²) in [7, 11) is -2.00. The van der Waals surface area contributed by atoms with E-state index in [1.165, 1.54) is 36.8 Å². The predicted octanol–water partition coefficient (Wildman–Crippen LogP) is 7.17. The van der Waals surface area contributed by atoms with Crippen molar-refractivity contribution in [2.75, 3.05) is 0 Å². The summed E-state index contributed by atoms with van der Waals surface area (Å²) in [4.78, 5) is 10.1. The van der Waals surface area contributed by atoms with Gasteiger partial charge in [0.25, 0.3) is 0 Å². The van der Waals surface area contributed by atoms with Gasteiger partial charge in [-0.25, -0.2) is 0 Å². The van der Waals surface area contributed by atoms with E-state index in [9.17, 15) is 4.89 Å². The Hall–Kier alpha value is -1.57. The molecule has 0 saturated heterocycles. The molecule has 0 amide bonds. The van der Waals surface area contributed by atoms with Crippen molar-refractivity contribution in [3.8, 4) is 11.5 Å². The van der Waals surface area contributed by atoms with Crippen molar-refractivity contribution in [3.63, 3.8) is 0 Å². The Bertz CT molecular complexity index is 582. The number of hydrogen-bond acceptors (Lipinski definition) is 3. The average Bonchev–Trinajstić information content (AvgIpc) is 2.63. The van der Waals surface area contributed by atoms with E-state index in [4.69, 9.17) is 9.05 Å². The van der Waals surface area contributed by atoms with E-state index in [1.807, 2.05) is 24.3 Å². The Balaban J connectivity index is 1.89. The molecule has 0 bridgehead atoms. The standard InChI is InChI=1S/C22H31O3P/c1-5-7-17(3)19-9-13-21(14-10-19)24-26(23)25-22-15-11-20(12-16-22)18(4)8-6-2/h9-18,23H,5-8H2,1-4H3. The van der Waals surface area contributed by atoms with Crippen LogP contribution >= 0.6 is 8.60 Å². The van der Waals surface area contributed by atoms with E-state index in [2.05, 4.69) is 52.0 Å². The van der Waals surface area contributed by atoms with Crippen LogP contribution in [0.25, 0.3) is 0 Å². The Morgan fingerprint density at radius 2 is 1.08 bits per heavy atom. The van der Waals surface area contributed by atoms with E-state index in [0.717, 1.165) is 0 Å². The molecule has 0 fully saturated rings. The molecule has 0 aromatic heterocycles. The summed E-state index contributed by atoms with van der Waals surface area (Å²) >= 11 is 0. The SMILES string of the molecule is CCCC(C)c1ccc(OP(O)Oc2ccc(C(C)CCC)cc2)cc1. The zero-order valence-electron chi connectivity index (χ0n) is 16.3. The van der Waals surface area contributed by atoms with Gasteiger partial charge in [-0.15, -0.1) is 0 Å². The molecule has 0 aliphatic heterocycles. The van der Waals surface area contributed by atoms with Gasteiger partial charge in [0.2, 0.25) is 0 Å². The predicted molar refractivity (Wildman–Crippen MR) is 110 cm³/mol. The second-order valence-corrected chi connectivity index (χ2v) is 7.78. The summed E-state index contributed by atoms with van der Waals surface area (Å²) in [5.74, 6) is 2.32. The minimum atomic E-state index is -2.00. The highest BCUT2D eigenvalue weighted by atomic mass is 31.2. The van der Waals surface area contributed by atoms with E-state index in [1.54, 1.807) is 0 Å². The van der Waals surface area contributed by atoms with Gasteiger partial charge in [-0.2, -0.15) is 0 Å². The normalized spacial score (nSPS) is 14.5. The van der Waals surface area contributed by atoms with E-state index in [0.29, 0.717) is 23.3 Å². The van der Waals surface area contributed by atoms with Gasteiger partial charge in [0.15, 0.2) is 0 Å². The molecule has 0 spiro atoms. The van der Waals surface area contributed by atoms with Gasteiger partial charge in [0.05, 0.1) is 0 Å². The molecule has 2 atom stereocenters.